The van der Waals surface area contributed by atoms with Gasteiger partial charge in [-0.25, -0.2) is 13.1 Å². The van der Waals surface area contributed by atoms with E-state index >= 15 is 0 Å². The number of benzene rings is 1. The Kier molecular flexibility index (Phi) is 4.29. The Labute approximate surface area is 113 Å². The molecule has 0 bridgehead atoms. The van der Waals surface area contributed by atoms with E-state index in [1.54, 1.807) is 24.5 Å². The second kappa shape index (κ2) is 5.95. The number of hydrogen-bond donors (Lipinski definition) is 1. The van der Waals surface area contributed by atoms with Gasteiger partial charge in [-0.3, -0.25) is 4.98 Å². The lowest BCUT2D eigenvalue weighted by Crippen LogP contribution is -2.24. The topological polar surface area (TPSA) is 59.1 Å². The van der Waals surface area contributed by atoms with Crippen molar-refractivity contribution < 1.29 is 8.42 Å². The number of hydrogen-bond acceptors (Lipinski definition) is 3. The van der Waals surface area contributed by atoms with Crippen LogP contribution in [-0.4, -0.2) is 13.4 Å². The number of nitrogens with zero attached hydrogens (tertiary/aromatic N) is 1. The number of nitrogens with one attached hydrogen (secondary N) is 1. The first-order valence-corrected chi connectivity index (χ1v) is 7.62. The lowest BCUT2D eigenvalue weighted by molar-refractivity contribution is 0.580. The van der Waals surface area contributed by atoms with E-state index < -0.39 is 10.0 Å². The Balaban J connectivity index is 1.99. The maximum atomic E-state index is 12.0. The third-order valence-corrected chi connectivity index (χ3v) is 3.98. The minimum Gasteiger partial charge on any atom is -0.265 e. The van der Waals surface area contributed by atoms with Crippen molar-refractivity contribution in [2.75, 3.05) is 0 Å². The van der Waals surface area contributed by atoms with Crippen LogP contribution in [0.3, 0.4) is 0 Å². The predicted octanol–water partition coefficient (Wildman–Crippen LogP) is 2.01. The number of pyridine rings is 1. The highest BCUT2D eigenvalue weighted by Gasteiger charge is 2.11. The average molecular weight is 276 g/mol. The number of aromatic nitrogens is 1. The Morgan fingerprint density at radius 2 is 1.84 bits per heavy atom. The normalized spacial score (nSPS) is 11.4. The van der Waals surface area contributed by atoms with Gasteiger partial charge >= 0.3 is 0 Å². The van der Waals surface area contributed by atoms with E-state index in [0.717, 1.165) is 16.7 Å². The van der Waals surface area contributed by atoms with Gasteiger partial charge in [0.15, 0.2) is 0 Å². The third kappa shape index (κ3) is 4.46. The van der Waals surface area contributed by atoms with E-state index in [0.29, 0.717) is 0 Å². The van der Waals surface area contributed by atoms with Crippen molar-refractivity contribution >= 4 is 10.0 Å². The van der Waals surface area contributed by atoms with Gasteiger partial charge in [-0.15, -0.1) is 0 Å². The fourth-order valence-electron chi connectivity index (χ4n) is 1.77. The predicted molar refractivity (Wildman–Crippen MR) is 74.9 cm³/mol. The summed E-state index contributed by atoms with van der Waals surface area (Å²) < 4.78 is 26.5. The number of aryl methyl sites for hydroxylation is 1. The van der Waals surface area contributed by atoms with Crippen LogP contribution >= 0.6 is 0 Å². The maximum absolute atomic E-state index is 12.0. The molecule has 0 aliphatic heterocycles. The fourth-order valence-corrected chi connectivity index (χ4v) is 2.87. The lowest BCUT2D eigenvalue weighted by Gasteiger charge is -2.07. The Bertz CT molecular complexity index is 640. The van der Waals surface area contributed by atoms with Gasteiger partial charge in [-0.05, 0) is 30.2 Å². The number of rotatable bonds is 5. The van der Waals surface area contributed by atoms with Crippen LogP contribution in [0.1, 0.15) is 16.7 Å². The van der Waals surface area contributed by atoms with Crippen molar-refractivity contribution in [2.45, 2.75) is 19.2 Å². The van der Waals surface area contributed by atoms with Crippen LogP contribution in [-0.2, 0) is 22.3 Å². The van der Waals surface area contributed by atoms with Crippen LogP contribution < -0.4 is 4.72 Å². The minimum absolute atomic E-state index is 0.000235. The zero-order chi connectivity index (χ0) is 13.7. The Hall–Kier alpha value is -1.72. The molecular formula is C14H16N2O2S. The van der Waals surface area contributed by atoms with Crippen molar-refractivity contribution in [2.24, 2.45) is 0 Å². The molecule has 0 saturated heterocycles. The van der Waals surface area contributed by atoms with Crippen molar-refractivity contribution in [3.8, 4) is 0 Å². The summed E-state index contributed by atoms with van der Waals surface area (Å²) in [5.41, 5.74) is 2.74. The molecule has 1 N–H and O–H groups in total. The molecule has 100 valence electrons. The van der Waals surface area contributed by atoms with Crippen molar-refractivity contribution in [3.05, 3.63) is 65.5 Å². The molecule has 0 radical (unpaired) electrons. The minimum atomic E-state index is -3.32. The standard InChI is InChI=1S/C14H16N2O2S/c1-12-3-2-4-14(9-12)11-19(17,18)16-10-13-5-7-15-8-6-13/h2-9,16H,10-11H2,1H3. The molecule has 0 aliphatic carbocycles. The molecule has 19 heavy (non-hydrogen) atoms. The molecule has 0 aliphatic rings. The van der Waals surface area contributed by atoms with Gasteiger partial charge in [0.05, 0.1) is 5.75 Å². The van der Waals surface area contributed by atoms with Gasteiger partial charge in [0.2, 0.25) is 10.0 Å². The summed E-state index contributed by atoms with van der Waals surface area (Å²) in [4.78, 5) is 3.89. The average Bonchev–Trinajstić information content (AvgIpc) is 2.37. The first-order valence-electron chi connectivity index (χ1n) is 5.97. The molecule has 0 amide bonds. The molecule has 0 unspecified atom stereocenters. The highest BCUT2D eigenvalue weighted by molar-refractivity contribution is 7.88. The molecule has 2 aromatic rings. The van der Waals surface area contributed by atoms with Crippen molar-refractivity contribution in [1.82, 2.24) is 9.71 Å². The van der Waals surface area contributed by atoms with E-state index in [2.05, 4.69) is 9.71 Å². The molecule has 2 rings (SSSR count). The van der Waals surface area contributed by atoms with Gasteiger partial charge in [-0.2, -0.15) is 0 Å². The van der Waals surface area contributed by atoms with Gasteiger partial charge in [0.25, 0.3) is 0 Å². The Morgan fingerprint density at radius 3 is 2.53 bits per heavy atom. The van der Waals surface area contributed by atoms with Crippen LogP contribution in [0.2, 0.25) is 0 Å². The molecule has 0 atom stereocenters. The fraction of sp³-hybridized carbons (Fsp3) is 0.214. The summed E-state index contributed by atoms with van der Waals surface area (Å²) in [6, 6.07) is 11.1. The summed E-state index contributed by atoms with van der Waals surface area (Å²) in [5, 5.41) is 0. The van der Waals surface area contributed by atoms with E-state index in [9.17, 15) is 8.42 Å². The molecule has 1 aromatic heterocycles. The summed E-state index contributed by atoms with van der Waals surface area (Å²) in [7, 11) is -3.32. The monoisotopic (exact) mass is 276 g/mol. The molecule has 0 spiro atoms. The van der Waals surface area contributed by atoms with E-state index in [1.165, 1.54) is 0 Å². The molecular weight excluding hydrogens is 260 g/mol. The SMILES string of the molecule is Cc1cccc(CS(=O)(=O)NCc2ccncc2)c1. The van der Waals surface area contributed by atoms with E-state index in [1.807, 2.05) is 31.2 Å². The highest BCUT2D eigenvalue weighted by Crippen LogP contribution is 2.08. The van der Waals surface area contributed by atoms with Crippen molar-refractivity contribution in [3.63, 3.8) is 0 Å². The van der Waals surface area contributed by atoms with Gasteiger partial charge in [0.1, 0.15) is 0 Å². The van der Waals surface area contributed by atoms with E-state index in [4.69, 9.17) is 0 Å². The molecule has 1 aromatic carbocycles. The quantitative estimate of drug-likeness (QED) is 0.908. The van der Waals surface area contributed by atoms with E-state index in [-0.39, 0.29) is 12.3 Å². The first kappa shape index (κ1) is 13.7. The lowest BCUT2D eigenvalue weighted by atomic mass is 10.2. The molecule has 1 heterocycles. The molecule has 4 nitrogen and oxygen atoms in total. The van der Waals surface area contributed by atoms with Crippen LogP contribution in [0.25, 0.3) is 0 Å². The van der Waals surface area contributed by atoms with Gasteiger partial charge in [0, 0.05) is 18.9 Å². The van der Waals surface area contributed by atoms with Gasteiger partial charge < -0.3 is 0 Å². The summed E-state index contributed by atoms with van der Waals surface area (Å²) >= 11 is 0. The first-order chi connectivity index (χ1) is 9.05. The van der Waals surface area contributed by atoms with Crippen LogP contribution in [0.15, 0.2) is 48.8 Å². The maximum Gasteiger partial charge on any atom is 0.216 e. The third-order valence-electron chi connectivity index (χ3n) is 2.68. The zero-order valence-corrected chi connectivity index (χ0v) is 11.5. The van der Waals surface area contributed by atoms with Gasteiger partial charge in [-0.1, -0.05) is 29.8 Å². The second-order valence-electron chi connectivity index (χ2n) is 4.42. The molecule has 0 saturated carbocycles. The zero-order valence-electron chi connectivity index (χ0n) is 10.7. The van der Waals surface area contributed by atoms with Crippen LogP contribution in [0.4, 0.5) is 0 Å². The number of sulfonamides is 1. The van der Waals surface area contributed by atoms with Crippen molar-refractivity contribution in [1.29, 1.82) is 0 Å². The largest absolute Gasteiger partial charge is 0.265 e. The molecule has 5 heteroatoms. The molecule has 0 fully saturated rings. The summed E-state index contributed by atoms with van der Waals surface area (Å²) in [6.45, 7) is 2.23. The highest BCUT2D eigenvalue weighted by atomic mass is 32.2. The summed E-state index contributed by atoms with van der Waals surface area (Å²) in [6.07, 6.45) is 3.29. The van der Waals surface area contributed by atoms with Crippen LogP contribution in [0, 0.1) is 6.92 Å². The smallest absolute Gasteiger partial charge is 0.216 e. The second-order valence-corrected chi connectivity index (χ2v) is 6.23. The Morgan fingerprint density at radius 1 is 1.11 bits per heavy atom. The van der Waals surface area contributed by atoms with Crippen LogP contribution in [0.5, 0.6) is 0 Å². The summed E-state index contributed by atoms with van der Waals surface area (Å²) in [5.74, 6) is -0.000235.